The molecule has 0 bridgehead atoms. The van der Waals surface area contributed by atoms with Crippen molar-refractivity contribution in [2.45, 2.75) is 37.8 Å². The van der Waals surface area contributed by atoms with Crippen molar-refractivity contribution < 1.29 is 14.3 Å². The Bertz CT molecular complexity index is 567. The van der Waals surface area contributed by atoms with E-state index in [0.29, 0.717) is 11.4 Å². The standard InChI is InChI=1S/C15H19N3O3/c16-15(12-3-1-2-6-21-12)9-4-5-10-11(7-9)18-14(20)8-13(19)17-10/h4-5,7,12,15H,1-3,6,8,16H2,(H,17,19)(H,18,20). The first-order chi connectivity index (χ1) is 10.1. The minimum absolute atomic E-state index is 0.00729. The third-order valence-corrected chi connectivity index (χ3v) is 3.91. The molecule has 2 heterocycles. The first-order valence-corrected chi connectivity index (χ1v) is 7.24. The van der Waals surface area contributed by atoms with Gasteiger partial charge in [0.1, 0.15) is 6.42 Å². The Morgan fingerprint density at radius 2 is 1.90 bits per heavy atom. The van der Waals surface area contributed by atoms with E-state index in [1.165, 1.54) is 0 Å². The smallest absolute Gasteiger partial charge is 0.233 e. The molecule has 3 rings (SSSR count). The highest BCUT2D eigenvalue weighted by Gasteiger charge is 2.24. The zero-order valence-electron chi connectivity index (χ0n) is 11.7. The number of nitrogens with one attached hydrogen (secondary N) is 2. The van der Waals surface area contributed by atoms with Crippen LogP contribution >= 0.6 is 0 Å². The summed E-state index contributed by atoms with van der Waals surface area (Å²) in [6.45, 7) is 0.746. The zero-order chi connectivity index (χ0) is 14.8. The summed E-state index contributed by atoms with van der Waals surface area (Å²) in [4.78, 5) is 23.1. The Kier molecular flexibility index (Phi) is 3.90. The van der Waals surface area contributed by atoms with Crippen LogP contribution < -0.4 is 16.4 Å². The SMILES string of the molecule is NC(c1ccc2c(c1)NC(=O)CC(=O)N2)C1CCCCO1. The zero-order valence-corrected chi connectivity index (χ0v) is 11.7. The van der Waals surface area contributed by atoms with Crippen LogP contribution in [0.5, 0.6) is 0 Å². The number of hydrogen-bond acceptors (Lipinski definition) is 4. The summed E-state index contributed by atoms with van der Waals surface area (Å²) in [5, 5.41) is 5.44. The van der Waals surface area contributed by atoms with Gasteiger partial charge in [-0.3, -0.25) is 9.59 Å². The minimum Gasteiger partial charge on any atom is -0.376 e. The molecule has 6 nitrogen and oxygen atoms in total. The van der Waals surface area contributed by atoms with E-state index in [1.54, 1.807) is 6.07 Å². The van der Waals surface area contributed by atoms with E-state index >= 15 is 0 Å². The van der Waals surface area contributed by atoms with Crippen molar-refractivity contribution in [3.63, 3.8) is 0 Å². The molecule has 6 heteroatoms. The molecule has 2 amide bonds. The lowest BCUT2D eigenvalue weighted by Crippen LogP contribution is -2.31. The molecule has 21 heavy (non-hydrogen) atoms. The van der Waals surface area contributed by atoms with Crippen LogP contribution in [-0.2, 0) is 14.3 Å². The molecule has 1 aromatic rings. The van der Waals surface area contributed by atoms with Crippen LogP contribution in [0.15, 0.2) is 18.2 Å². The molecule has 2 atom stereocenters. The lowest BCUT2D eigenvalue weighted by atomic mass is 9.96. The molecule has 0 radical (unpaired) electrons. The highest BCUT2D eigenvalue weighted by molar-refractivity contribution is 6.13. The maximum atomic E-state index is 11.6. The van der Waals surface area contributed by atoms with Gasteiger partial charge >= 0.3 is 0 Å². The molecule has 1 saturated heterocycles. The second-order valence-electron chi connectivity index (χ2n) is 5.51. The molecule has 0 saturated carbocycles. The van der Waals surface area contributed by atoms with Crippen LogP contribution in [0.3, 0.4) is 0 Å². The second kappa shape index (κ2) is 5.83. The minimum atomic E-state index is -0.314. The molecule has 1 aromatic carbocycles. The highest BCUT2D eigenvalue weighted by Crippen LogP contribution is 2.31. The van der Waals surface area contributed by atoms with Crippen molar-refractivity contribution in [2.75, 3.05) is 17.2 Å². The number of nitrogens with two attached hydrogens (primary N) is 1. The maximum absolute atomic E-state index is 11.6. The molecule has 0 spiro atoms. The van der Waals surface area contributed by atoms with Gasteiger partial charge in [0.2, 0.25) is 11.8 Å². The quantitative estimate of drug-likeness (QED) is 0.720. The van der Waals surface area contributed by atoms with E-state index in [0.717, 1.165) is 31.4 Å². The van der Waals surface area contributed by atoms with Crippen molar-refractivity contribution >= 4 is 23.2 Å². The monoisotopic (exact) mass is 289 g/mol. The number of ether oxygens (including phenoxy) is 1. The van der Waals surface area contributed by atoms with Crippen molar-refractivity contribution in [1.82, 2.24) is 0 Å². The van der Waals surface area contributed by atoms with Crippen LogP contribution in [0.1, 0.15) is 37.3 Å². The van der Waals surface area contributed by atoms with E-state index in [9.17, 15) is 9.59 Å². The molecular formula is C15H19N3O3. The van der Waals surface area contributed by atoms with Gasteiger partial charge in [0, 0.05) is 6.61 Å². The number of carbonyl (C=O) groups is 2. The number of fused-ring (bicyclic) bond motifs is 1. The number of rotatable bonds is 2. The summed E-state index contributed by atoms with van der Waals surface area (Å²) in [7, 11) is 0. The van der Waals surface area contributed by atoms with Crippen LogP contribution in [0.4, 0.5) is 11.4 Å². The second-order valence-corrected chi connectivity index (χ2v) is 5.51. The number of amides is 2. The Labute approximate surface area is 123 Å². The highest BCUT2D eigenvalue weighted by atomic mass is 16.5. The summed E-state index contributed by atoms with van der Waals surface area (Å²) in [5.74, 6) is -0.621. The molecule has 4 N–H and O–H groups in total. The maximum Gasteiger partial charge on any atom is 0.233 e. The normalized spacial score (nSPS) is 23.6. The van der Waals surface area contributed by atoms with Crippen LogP contribution in [0.25, 0.3) is 0 Å². The molecule has 2 unspecified atom stereocenters. The molecular weight excluding hydrogens is 270 g/mol. The fourth-order valence-electron chi connectivity index (χ4n) is 2.78. The number of hydrogen-bond donors (Lipinski definition) is 3. The summed E-state index contributed by atoms with van der Waals surface area (Å²) in [6, 6.07) is 5.24. The van der Waals surface area contributed by atoms with Crippen LogP contribution in [-0.4, -0.2) is 24.5 Å². The van der Waals surface area contributed by atoms with Gasteiger partial charge in [-0.15, -0.1) is 0 Å². The Morgan fingerprint density at radius 3 is 2.62 bits per heavy atom. The van der Waals surface area contributed by atoms with Crippen molar-refractivity contribution in [1.29, 1.82) is 0 Å². The topological polar surface area (TPSA) is 93.5 Å². The predicted octanol–water partition coefficient (Wildman–Crippen LogP) is 1.54. The van der Waals surface area contributed by atoms with Gasteiger partial charge in [-0.25, -0.2) is 0 Å². The summed E-state index contributed by atoms with van der Waals surface area (Å²) in [5.41, 5.74) is 8.37. The van der Waals surface area contributed by atoms with Gasteiger partial charge in [0.15, 0.2) is 0 Å². The molecule has 2 aliphatic rings. The third-order valence-electron chi connectivity index (χ3n) is 3.91. The molecule has 0 aromatic heterocycles. The van der Waals surface area contributed by atoms with Gasteiger partial charge in [-0.1, -0.05) is 6.07 Å². The van der Waals surface area contributed by atoms with Gasteiger partial charge in [0.25, 0.3) is 0 Å². The predicted molar refractivity (Wildman–Crippen MR) is 78.8 cm³/mol. The first kappa shape index (κ1) is 14.0. The molecule has 112 valence electrons. The van der Waals surface area contributed by atoms with Crippen LogP contribution in [0, 0.1) is 0 Å². The van der Waals surface area contributed by atoms with Gasteiger partial charge in [-0.2, -0.15) is 0 Å². The Hall–Kier alpha value is -1.92. The Morgan fingerprint density at radius 1 is 1.14 bits per heavy atom. The summed E-state index contributed by atoms with van der Waals surface area (Å²) < 4.78 is 5.72. The van der Waals surface area contributed by atoms with Crippen molar-refractivity contribution in [3.05, 3.63) is 23.8 Å². The van der Waals surface area contributed by atoms with E-state index in [2.05, 4.69) is 10.6 Å². The molecule has 0 aliphatic carbocycles. The average molecular weight is 289 g/mol. The summed E-state index contributed by atoms with van der Waals surface area (Å²) in [6.07, 6.45) is 2.99. The van der Waals surface area contributed by atoms with Gasteiger partial charge in [0.05, 0.1) is 23.5 Å². The number of carbonyl (C=O) groups excluding carboxylic acids is 2. The number of benzene rings is 1. The van der Waals surface area contributed by atoms with Gasteiger partial charge < -0.3 is 21.1 Å². The van der Waals surface area contributed by atoms with E-state index in [4.69, 9.17) is 10.5 Å². The van der Waals surface area contributed by atoms with Gasteiger partial charge in [-0.05, 0) is 37.0 Å². The molecule has 2 aliphatic heterocycles. The van der Waals surface area contributed by atoms with Crippen LogP contribution in [0.2, 0.25) is 0 Å². The van der Waals surface area contributed by atoms with E-state index < -0.39 is 0 Å². The lowest BCUT2D eigenvalue weighted by Gasteiger charge is -2.28. The third kappa shape index (κ3) is 3.06. The first-order valence-electron chi connectivity index (χ1n) is 7.24. The van der Waals surface area contributed by atoms with Crippen molar-refractivity contribution in [2.24, 2.45) is 5.73 Å². The summed E-state index contributed by atoms with van der Waals surface area (Å²) >= 11 is 0. The fourth-order valence-corrected chi connectivity index (χ4v) is 2.78. The fraction of sp³-hybridized carbons (Fsp3) is 0.467. The Balaban J connectivity index is 1.84. The lowest BCUT2D eigenvalue weighted by molar-refractivity contribution is -0.123. The van der Waals surface area contributed by atoms with Crippen molar-refractivity contribution in [3.8, 4) is 0 Å². The average Bonchev–Trinajstić information content (AvgIpc) is 2.63. The van der Waals surface area contributed by atoms with E-state index in [-0.39, 0.29) is 30.4 Å². The van der Waals surface area contributed by atoms with E-state index in [1.807, 2.05) is 12.1 Å². The largest absolute Gasteiger partial charge is 0.376 e. The number of anilines is 2. The molecule has 1 fully saturated rings.